The van der Waals surface area contributed by atoms with Gasteiger partial charge in [-0.15, -0.1) is 0 Å². The van der Waals surface area contributed by atoms with Crippen LogP contribution in [0.15, 0.2) is 6.07 Å². The molecule has 0 fully saturated rings. The van der Waals surface area contributed by atoms with Crippen LogP contribution in [0.2, 0.25) is 0 Å². The Morgan fingerprint density at radius 3 is 2.27 bits per heavy atom. The molecule has 1 N–H and O–H groups in total. The minimum Gasteiger partial charge on any atom is -0.505 e. The van der Waals surface area contributed by atoms with Crippen molar-refractivity contribution in [3.8, 4) is 5.75 Å². The molecule has 3 heteroatoms. The molecule has 1 nitrogen and oxygen atoms in total. The van der Waals surface area contributed by atoms with Gasteiger partial charge < -0.3 is 5.11 Å². The summed E-state index contributed by atoms with van der Waals surface area (Å²) in [7, 11) is 0. The molecule has 0 aliphatic carbocycles. The highest BCUT2D eigenvalue weighted by Gasteiger charge is 2.11. The van der Waals surface area contributed by atoms with E-state index in [-0.39, 0.29) is 5.56 Å². The van der Waals surface area contributed by atoms with Gasteiger partial charge in [0.1, 0.15) is 0 Å². The van der Waals surface area contributed by atoms with Crippen molar-refractivity contribution in [3.63, 3.8) is 0 Å². The zero-order valence-corrected chi connectivity index (χ0v) is 6.28. The molecule has 0 spiro atoms. The summed E-state index contributed by atoms with van der Waals surface area (Å²) in [6.45, 7) is 3.07. The highest BCUT2D eigenvalue weighted by molar-refractivity contribution is 5.35. The average molecular weight is 158 g/mol. The topological polar surface area (TPSA) is 20.2 Å². The van der Waals surface area contributed by atoms with E-state index in [1.807, 2.05) is 0 Å². The number of hydrogen-bond acceptors (Lipinski definition) is 1. The van der Waals surface area contributed by atoms with Gasteiger partial charge in [-0.25, -0.2) is 4.39 Å². The van der Waals surface area contributed by atoms with Crippen molar-refractivity contribution in [1.29, 1.82) is 0 Å². The molecule has 0 saturated heterocycles. The van der Waals surface area contributed by atoms with E-state index in [9.17, 15) is 8.78 Å². The molecule has 11 heavy (non-hydrogen) atoms. The summed E-state index contributed by atoms with van der Waals surface area (Å²) < 4.78 is 25.3. The summed E-state index contributed by atoms with van der Waals surface area (Å²) >= 11 is 0. The van der Waals surface area contributed by atoms with Crippen LogP contribution in [-0.2, 0) is 0 Å². The molecule has 0 atom stereocenters. The molecule has 0 saturated carbocycles. The van der Waals surface area contributed by atoms with Gasteiger partial charge in [0.25, 0.3) is 0 Å². The normalized spacial score (nSPS) is 10.2. The number of phenolic OH excluding ortho intramolecular Hbond substituents is 1. The van der Waals surface area contributed by atoms with Gasteiger partial charge in [0, 0.05) is 0 Å². The summed E-state index contributed by atoms with van der Waals surface area (Å²) in [5.41, 5.74) is 0.779. The molecule has 0 amide bonds. The second kappa shape index (κ2) is 2.49. The highest BCUT2D eigenvalue weighted by atomic mass is 19.2. The third kappa shape index (κ3) is 1.18. The van der Waals surface area contributed by atoms with Gasteiger partial charge in [-0.1, -0.05) is 0 Å². The molecule has 0 unspecified atom stereocenters. The number of benzene rings is 1. The average Bonchev–Trinajstić information content (AvgIpc) is 1.97. The summed E-state index contributed by atoms with van der Waals surface area (Å²) in [6.07, 6.45) is 0. The molecule has 0 aliphatic heterocycles. The second-order valence-electron chi connectivity index (χ2n) is 2.47. The van der Waals surface area contributed by atoms with Crippen LogP contribution in [0.25, 0.3) is 0 Å². The largest absolute Gasteiger partial charge is 0.505 e. The molecule has 1 rings (SSSR count). The molecular weight excluding hydrogens is 150 g/mol. The summed E-state index contributed by atoms with van der Waals surface area (Å²) in [6, 6.07) is 1.20. The van der Waals surface area contributed by atoms with Crippen molar-refractivity contribution < 1.29 is 13.9 Å². The van der Waals surface area contributed by atoms with Crippen molar-refractivity contribution in [1.82, 2.24) is 0 Å². The van der Waals surface area contributed by atoms with E-state index in [1.54, 1.807) is 6.92 Å². The zero-order chi connectivity index (χ0) is 8.59. The Labute approximate surface area is 63.3 Å². The van der Waals surface area contributed by atoms with Crippen molar-refractivity contribution in [3.05, 3.63) is 28.8 Å². The van der Waals surface area contributed by atoms with Crippen molar-refractivity contribution >= 4 is 0 Å². The lowest BCUT2D eigenvalue weighted by molar-refractivity contribution is 0.404. The maximum absolute atomic E-state index is 12.7. The molecule has 1 aromatic rings. The molecule has 60 valence electrons. The van der Waals surface area contributed by atoms with Gasteiger partial charge in [0.15, 0.2) is 11.6 Å². The van der Waals surface area contributed by atoms with Crippen LogP contribution in [0.5, 0.6) is 5.75 Å². The Kier molecular flexibility index (Phi) is 1.81. The van der Waals surface area contributed by atoms with Gasteiger partial charge in [-0.2, -0.15) is 4.39 Å². The molecule has 1 aromatic carbocycles. The quantitative estimate of drug-likeness (QED) is 0.614. The van der Waals surface area contributed by atoms with E-state index in [4.69, 9.17) is 5.11 Å². The second-order valence-corrected chi connectivity index (χ2v) is 2.47. The first-order valence-electron chi connectivity index (χ1n) is 3.18. The van der Waals surface area contributed by atoms with Crippen molar-refractivity contribution in [2.24, 2.45) is 0 Å². The van der Waals surface area contributed by atoms with Gasteiger partial charge in [0.05, 0.1) is 0 Å². The first kappa shape index (κ1) is 7.98. The third-order valence-electron chi connectivity index (χ3n) is 1.69. The summed E-state index contributed by atoms with van der Waals surface area (Å²) in [5.74, 6) is -2.78. The van der Waals surface area contributed by atoms with Crippen LogP contribution < -0.4 is 0 Å². The van der Waals surface area contributed by atoms with Crippen molar-refractivity contribution in [2.75, 3.05) is 0 Å². The fourth-order valence-electron chi connectivity index (χ4n) is 0.827. The molecule has 0 radical (unpaired) electrons. The number of hydrogen-bond donors (Lipinski definition) is 1. The van der Waals surface area contributed by atoms with Crippen LogP contribution >= 0.6 is 0 Å². The van der Waals surface area contributed by atoms with E-state index in [0.29, 0.717) is 5.56 Å². The smallest absolute Gasteiger partial charge is 0.200 e. The maximum Gasteiger partial charge on any atom is 0.200 e. The lowest BCUT2D eigenvalue weighted by Gasteiger charge is -2.03. The number of halogens is 2. The number of rotatable bonds is 0. The molecule has 0 aliphatic rings. The van der Waals surface area contributed by atoms with Crippen LogP contribution in [0.3, 0.4) is 0 Å². The lowest BCUT2D eigenvalue weighted by Crippen LogP contribution is -1.92. The Hall–Kier alpha value is -1.12. The maximum atomic E-state index is 12.7. The number of aromatic hydroxyl groups is 1. The first-order chi connectivity index (χ1) is 5.04. The van der Waals surface area contributed by atoms with Crippen LogP contribution in [0.1, 0.15) is 11.1 Å². The highest BCUT2D eigenvalue weighted by Crippen LogP contribution is 2.23. The number of phenols is 1. The predicted molar refractivity (Wildman–Crippen MR) is 37.5 cm³/mol. The predicted octanol–water partition coefficient (Wildman–Crippen LogP) is 2.29. The minimum absolute atomic E-state index is 0.236. The molecule has 0 heterocycles. The van der Waals surface area contributed by atoms with E-state index in [1.165, 1.54) is 13.0 Å². The lowest BCUT2D eigenvalue weighted by atomic mass is 10.1. The van der Waals surface area contributed by atoms with Crippen LogP contribution in [-0.4, -0.2) is 5.11 Å². The summed E-state index contributed by atoms with van der Waals surface area (Å²) in [5, 5.41) is 8.79. The fraction of sp³-hybridized carbons (Fsp3) is 0.250. The fourth-order valence-corrected chi connectivity index (χ4v) is 0.827. The SMILES string of the molecule is Cc1cc(O)c(F)c(F)c1C. The number of aryl methyl sites for hydroxylation is 1. The first-order valence-corrected chi connectivity index (χ1v) is 3.18. The third-order valence-corrected chi connectivity index (χ3v) is 1.69. The van der Waals surface area contributed by atoms with Gasteiger partial charge in [-0.05, 0) is 31.0 Å². The van der Waals surface area contributed by atoms with Crippen LogP contribution in [0, 0.1) is 25.5 Å². The Morgan fingerprint density at radius 2 is 1.73 bits per heavy atom. The Bertz CT molecular complexity index is 268. The summed E-state index contributed by atoms with van der Waals surface area (Å²) in [4.78, 5) is 0. The zero-order valence-electron chi connectivity index (χ0n) is 6.28. The Balaban J connectivity index is 3.46. The van der Waals surface area contributed by atoms with Gasteiger partial charge >= 0.3 is 0 Å². The Morgan fingerprint density at radius 1 is 1.18 bits per heavy atom. The van der Waals surface area contributed by atoms with Crippen LogP contribution in [0.4, 0.5) is 8.78 Å². The molecule has 0 bridgehead atoms. The minimum atomic E-state index is -1.17. The van der Waals surface area contributed by atoms with E-state index < -0.39 is 17.4 Å². The van der Waals surface area contributed by atoms with Gasteiger partial charge in [0.2, 0.25) is 5.82 Å². The van der Waals surface area contributed by atoms with E-state index in [2.05, 4.69) is 0 Å². The van der Waals surface area contributed by atoms with Crippen molar-refractivity contribution in [2.45, 2.75) is 13.8 Å². The van der Waals surface area contributed by atoms with E-state index >= 15 is 0 Å². The standard InChI is InChI=1S/C8H8F2O/c1-4-3-6(11)8(10)7(9)5(4)2/h3,11H,1-2H3. The van der Waals surface area contributed by atoms with E-state index in [0.717, 1.165) is 0 Å². The molecular formula is C8H8F2O. The molecule has 0 aromatic heterocycles. The monoisotopic (exact) mass is 158 g/mol. The van der Waals surface area contributed by atoms with Gasteiger partial charge in [-0.3, -0.25) is 0 Å².